The second-order valence-corrected chi connectivity index (χ2v) is 6.74. The molecule has 0 aromatic carbocycles. The number of allylic oxidation sites excluding steroid dienone is 2. The molecule has 148 valence electrons. The van der Waals surface area contributed by atoms with E-state index in [1.54, 1.807) is 43.2 Å². The molecule has 0 saturated carbocycles. The van der Waals surface area contributed by atoms with E-state index in [-0.39, 0.29) is 29.8 Å². The Kier molecular flexibility index (Phi) is 6.51. The average Bonchev–Trinajstić information content (AvgIpc) is 2.59. The van der Waals surface area contributed by atoms with Crippen molar-refractivity contribution in [2.45, 2.75) is 46.0 Å². The number of amides is 1. The zero-order valence-corrected chi connectivity index (χ0v) is 15.7. The van der Waals surface area contributed by atoms with E-state index < -0.39 is 12.8 Å². The number of carbonyl (C=O) groups is 1. The highest BCUT2D eigenvalue weighted by Gasteiger charge is 2.32. The summed E-state index contributed by atoms with van der Waals surface area (Å²) in [4.78, 5) is 17.8. The van der Waals surface area contributed by atoms with Crippen LogP contribution in [0.4, 0.5) is 19.0 Å². The fourth-order valence-electron chi connectivity index (χ4n) is 2.71. The molecular weight excluding hydrogens is 359 g/mol. The molecule has 1 N–H and O–H groups in total. The molecule has 1 aliphatic rings. The zero-order chi connectivity index (χ0) is 20.2. The summed E-state index contributed by atoms with van der Waals surface area (Å²) in [6.45, 7) is 5.94. The molecule has 27 heavy (non-hydrogen) atoms. The Hall–Kier alpha value is -2.51. The highest BCUT2D eigenvalue weighted by Crippen LogP contribution is 2.31. The molecule has 0 radical (unpaired) electrons. The van der Waals surface area contributed by atoms with E-state index in [9.17, 15) is 18.0 Å². The molecule has 1 aromatic heterocycles. The maximum Gasteiger partial charge on any atom is 0.422 e. The van der Waals surface area contributed by atoms with Gasteiger partial charge in [0.2, 0.25) is 5.91 Å². The van der Waals surface area contributed by atoms with E-state index in [1.807, 2.05) is 19.9 Å². The second-order valence-electron chi connectivity index (χ2n) is 6.74. The van der Waals surface area contributed by atoms with E-state index in [2.05, 4.69) is 10.3 Å². The van der Waals surface area contributed by atoms with Crippen molar-refractivity contribution in [3.63, 3.8) is 0 Å². The van der Waals surface area contributed by atoms with Crippen molar-refractivity contribution in [2.75, 3.05) is 11.9 Å². The van der Waals surface area contributed by atoms with Gasteiger partial charge in [0.25, 0.3) is 0 Å². The highest BCUT2D eigenvalue weighted by atomic mass is 19.4. The SMILES string of the molecule is CC(C)C(=O)Nc1cc(C(C)N2C(OCC(F)(F)F)=CC=CC2C)ccn1. The van der Waals surface area contributed by atoms with Gasteiger partial charge < -0.3 is 15.0 Å². The molecule has 2 unspecified atom stereocenters. The second kappa shape index (κ2) is 8.45. The molecule has 0 aliphatic carbocycles. The quantitative estimate of drug-likeness (QED) is 0.790. The van der Waals surface area contributed by atoms with Crippen LogP contribution in [0, 0.1) is 5.92 Å². The number of halogens is 3. The number of hydrogen-bond donors (Lipinski definition) is 1. The van der Waals surface area contributed by atoms with E-state index >= 15 is 0 Å². The number of ether oxygens (including phenoxy) is 1. The lowest BCUT2D eigenvalue weighted by Gasteiger charge is -2.38. The average molecular weight is 383 g/mol. The molecule has 1 amide bonds. The number of alkyl halides is 3. The molecule has 2 heterocycles. The zero-order valence-electron chi connectivity index (χ0n) is 15.7. The van der Waals surface area contributed by atoms with Gasteiger partial charge in [0.1, 0.15) is 5.82 Å². The van der Waals surface area contributed by atoms with Gasteiger partial charge in [-0.05, 0) is 37.6 Å². The van der Waals surface area contributed by atoms with Gasteiger partial charge in [0, 0.05) is 18.2 Å². The van der Waals surface area contributed by atoms with Crippen molar-refractivity contribution in [3.05, 3.63) is 48.0 Å². The number of carbonyl (C=O) groups excluding carboxylic acids is 1. The summed E-state index contributed by atoms with van der Waals surface area (Å²) in [5, 5.41) is 2.73. The fourth-order valence-corrected chi connectivity index (χ4v) is 2.71. The summed E-state index contributed by atoms with van der Waals surface area (Å²) in [5.41, 5.74) is 0.799. The Morgan fingerprint density at radius 2 is 2.07 bits per heavy atom. The number of hydrogen-bond acceptors (Lipinski definition) is 4. The summed E-state index contributed by atoms with van der Waals surface area (Å²) in [6.07, 6.45) is 2.22. The van der Waals surface area contributed by atoms with Crippen molar-refractivity contribution in [1.29, 1.82) is 0 Å². The van der Waals surface area contributed by atoms with E-state index in [0.29, 0.717) is 5.82 Å². The Labute approximate surface area is 156 Å². The van der Waals surface area contributed by atoms with Crippen LogP contribution < -0.4 is 5.32 Å². The minimum atomic E-state index is -4.41. The summed E-state index contributed by atoms with van der Waals surface area (Å²) in [6, 6.07) is 3.04. The monoisotopic (exact) mass is 383 g/mol. The first-order valence-corrected chi connectivity index (χ1v) is 8.71. The molecule has 8 heteroatoms. The predicted octanol–water partition coefficient (Wildman–Crippen LogP) is 4.42. The molecule has 1 aliphatic heterocycles. The molecule has 0 bridgehead atoms. The van der Waals surface area contributed by atoms with Gasteiger partial charge in [0.15, 0.2) is 12.5 Å². The van der Waals surface area contributed by atoms with Crippen LogP contribution in [0.3, 0.4) is 0 Å². The summed E-state index contributed by atoms with van der Waals surface area (Å²) < 4.78 is 42.7. The number of nitrogens with one attached hydrogen (secondary N) is 1. The normalized spacial score (nSPS) is 18.3. The van der Waals surface area contributed by atoms with Gasteiger partial charge in [-0.2, -0.15) is 13.2 Å². The molecular formula is C19H24F3N3O2. The van der Waals surface area contributed by atoms with Crippen LogP contribution in [0.25, 0.3) is 0 Å². The Bertz CT molecular complexity index is 729. The molecule has 2 rings (SSSR count). The van der Waals surface area contributed by atoms with Gasteiger partial charge in [-0.3, -0.25) is 4.79 Å². The maximum atomic E-state index is 12.6. The third-order valence-corrected chi connectivity index (χ3v) is 4.16. The van der Waals surface area contributed by atoms with Crippen LogP contribution in [0.2, 0.25) is 0 Å². The van der Waals surface area contributed by atoms with Gasteiger partial charge >= 0.3 is 6.18 Å². The molecule has 0 spiro atoms. The molecule has 5 nitrogen and oxygen atoms in total. The minimum absolute atomic E-state index is 0.152. The molecule has 0 saturated heterocycles. The van der Waals surface area contributed by atoms with Crippen LogP contribution in [-0.2, 0) is 9.53 Å². The standard InChI is InChI=1S/C19H24F3N3O2/c1-12(2)18(26)24-16-10-15(8-9-23-16)14(4)25-13(3)6-5-7-17(25)27-11-19(20,21)22/h5-10,12-14H,11H2,1-4H3,(H,23,24,26). The van der Waals surface area contributed by atoms with Crippen LogP contribution in [0.1, 0.15) is 39.3 Å². The first kappa shape index (κ1) is 20.8. The third-order valence-electron chi connectivity index (χ3n) is 4.16. The number of anilines is 1. The number of pyridine rings is 1. The summed E-state index contributed by atoms with van der Waals surface area (Å²) >= 11 is 0. The van der Waals surface area contributed by atoms with Crippen LogP contribution >= 0.6 is 0 Å². The van der Waals surface area contributed by atoms with E-state index in [0.717, 1.165) is 5.56 Å². The minimum Gasteiger partial charge on any atom is -0.469 e. The van der Waals surface area contributed by atoms with E-state index in [4.69, 9.17) is 4.74 Å². The van der Waals surface area contributed by atoms with Crippen LogP contribution in [-0.4, -0.2) is 34.6 Å². The van der Waals surface area contributed by atoms with Crippen LogP contribution in [0.5, 0.6) is 0 Å². The number of aromatic nitrogens is 1. The van der Waals surface area contributed by atoms with Crippen molar-refractivity contribution < 1.29 is 22.7 Å². The first-order chi connectivity index (χ1) is 12.6. The summed E-state index contributed by atoms with van der Waals surface area (Å²) in [7, 11) is 0. The highest BCUT2D eigenvalue weighted by molar-refractivity contribution is 5.91. The number of nitrogens with zero attached hydrogens (tertiary/aromatic N) is 2. The van der Waals surface area contributed by atoms with E-state index in [1.165, 1.54) is 6.08 Å². The number of rotatable bonds is 6. The lowest BCUT2D eigenvalue weighted by molar-refractivity contribution is -0.171. The van der Waals surface area contributed by atoms with Crippen LogP contribution in [0.15, 0.2) is 42.4 Å². The lowest BCUT2D eigenvalue weighted by Crippen LogP contribution is -2.37. The molecule has 2 atom stereocenters. The van der Waals surface area contributed by atoms with Crippen molar-refractivity contribution in [3.8, 4) is 0 Å². The van der Waals surface area contributed by atoms with Gasteiger partial charge in [-0.15, -0.1) is 0 Å². The predicted molar refractivity (Wildman–Crippen MR) is 96.7 cm³/mol. The smallest absolute Gasteiger partial charge is 0.422 e. The summed E-state index contributed by atoms with van der Waals surface area (Å²) in [5.74, 6) is 0.209. The van der Waals surface area contributed by atoms with Crippen molar-refractivity contribution in [1.82, 2.24) is 9.88 Å². The van der Waals surface area contributed by atoms with Crippen molar-refractivity contribution >= 4 is 11.7 Å². The molecule has 0 fully saturated rings. The molecule has 1 aromatic rings. The Balaban J connectivity index is 2.21. The third kappa shape index (κ3) is 5.74. The Morgan fingerprint density at radius 1 is 1.37 bits per heavy atom. The first-order valence-electron chi connectivity index (χ1n) is 8.71. The van der Waals surface area contributed by atoms with Gasteiger partial charge in [0.05, 0.1) is 6.04 Å². The largest absolute Gasteiger partial charge is 0.469 e. The lowest BCUT2D eigenvalue weighted by atomic mass is 10.0. The topological polar surface area (TPSA) is 54.5 Å². The van der Waals surface area contributed by atoms with Gasteiger partial charge in [-0.1, -0.05) is 26.0 Å². The Morgan fingerprint density at radius 3 is 2.70 bits per heavy atom. The fraction of sp³-hybridized carbons (Fsp3) is 0.474. The van der Waals surface area contributed by atoms with Crippen molar-refractivity contribution in [2.24, 2.45) is 5.92 Å². The maximum absolute atomic E-state index is 12.6. The van der Waals surface area contributed by atoms with Gasteiger partial charge in [-0.25, -0.2) is 4.98 Å².